The summed E-state index contributed by atoms with van der Waals surface area (Å²) in [5.41, 5.74) is 5.02. The third-order valence-electron chi connectivity index (χ3n) is 5.75. The summed E-state index contributed by atoms with van der Waals surface area (Å²) < 4.78 is 5.07. The number of methoxy groups -OCH3 is 1. The highest BCUT2D eigenvalue weighted by Crippen LogP contribution is 2.27. The maximum Gasteiger partial charge on any atom is 0.328 e. The number of ether oxygens (including phenoxy) is 1. The minimum atomic E-state index is -0.640. The highest BCUT2D eigenvalue weighted by Gasteiger charge is 2.22. The van der Waals surface area contributed by atoms with Gasteiger partial charge >= 0.3 is 5.97 Å². The Morgan fingerprint density at radius 1 is 0.914 bits per heavy atom. The molecule has 0 amide bonds. The molecule has 0 unspecified atom stereocenters. The van der Waals surface area contributed by atoms with Crippen molar-refractivity contribution in [2.75, 3.05) is 19.5 Å². The summed E-state index contributed by atoms with van der Waals surface area (Å²) in [5, 5.41) is 8.59. The summed E-state index contributed by atoms with van der Waals surface area (Å²) in [6.45, 7) is 0.851. The molecule has 35 heavy (non-hydrogen) atoms. The highest BCUT2D eigenvalue weighted by molar-refractivity contribution is 7.10. The molecule has 1 atom stereocenters. The zero-order valence-electron chi connectivity index (χ0n) is 19.8. The van der Waals surface area contributed by atoms with Gasteiger partial charge in [-0.15, -0.1) is 11.3 Å². The number of esters is 1. The Kier molecular flexibility index (Phi) is 8.08. The highest BCUT2D eigenvalue weighted by atomic mass is 32.1. The van der Waals surface area contributed by atoms with E-state index in [0.717, 1.165) is 17.7 Å². The topological polar surface area (TPSA) is 67.4 Å². The average Bonchev–Trinajstić information content (AvgIpc) is 3.37. The van der Waals surface area contributed by atoms with Crippen LogP contribution in [0.2, 0.25) is 0 Å². The van der Waals surface area contributed by atoms with Gasteiger partial charge in [0.1, 0.15) is 6.04 Å². The predicted octanol–water partition coefficient (Wildman–Crippen LogP) is 5.56. The molecule has 5 nitrogen and oxygen atoms in total. The standard InChI is InChI=1S/C29H28N2O3S/c1-30-18-24-17-23(19-35-24)21-14-12-20(13-15-21)16-27(29(33)34-2)31-26-11-7-6-10-25(26)28(32)22-8-4-3-5-9-22/h3-15,17,19,27,30-31H,16,18H2,1-2H3/t27-/m0/s1. The lowest BCUT2D eigenvalue weighted by molar-refractivity contribution is -0.141. The molecular formula is C29H28N2O3S. The van der Waals surface area contributed by atoms with E-state index in [1.165, 1.54) is 17.6 Å². The van der Waals surface area contributed by atoms with Gasteiger partial charge in [0, 0.05) is 34.7 Å². The Hall–Kier alpha value is -3.74. The zero-order valence-corrected chi connectivity index (χ0v) is 20.6. The molecule has 3 aromatic carbocycles. The maximum absolute atomic E-state index is 13.1. The first-order chi connectivity index (χ1) is 17.1. The fourth-order valence-corrected chi connectivity index (χ4v) is 4.85. The second-order valence-electron chi connectivity index (χ2n) is 8.19. The van der Waals surface area contributed by atoms with Crippen molar-refractivity contribution in [1.29, 1.82) is 0 Å². The van der Waals surface area contributed by atoms with E-state index in [4.69, 9.17) is 4.74 Å². The summed E-state index contributed by atoms with van der Waals surface area (Å²) in [4.78, 5) is 27.0. The maximum atomic E-state index is 13.1. The average molecular weight is 485 g/mol. The molecule has 0 aliphatic rings. The second kappa shape index (κ2) is 11.6. The van der Waals surface area contributed by atoms with E-state index in [-0.39, 0.29) is 11.8 Å². The van der Waals surface area contributed by atoms with Crippen molar-refractivity contribution in [2.24, 2.45) is 0 Å². The van der Waals surface area contributed by atoms with Crippen molar-refractivity contribution < 1.29 is 14.3 Å². The van der Waals surface area contributed by atoms with Crippen LogP contribution in [0.5, 0.6) is 0 Å². The minimum absolute atomic E-state index is 0.102. The van der Waals surface area contributed by atoms with Crippen LogP contribution >= 0.6 is 11.3 Å². The molecule has 4 aromatic rings. The van der Waals surface area contributed by atoms with Gasteiger partial charge in [-0.2, -0.15) is 0 Å². The van der Waals surface area contributed by atoms with Crippen LogP contribution in [0.15, 0.2) is 90.3 Å². The molecule has 0 aliphatic carbocycles. The van der Waals surface area contributed by atoms with Gasteiger partial charge in [0.05, 0.1) is 7.11 Å². The number of ketones is 1. The third kappa shape index (κ3) is 6.04. The SMILES string of the molecule is CNCc1cc(-c2ccc(C[C@H](Nc3ccccc3C(=O)c3ccccc3)C(=O)OC)cc2)cs1. The smallest absolute Gasteiger partial charge is 0.328 e. The number of hydrogen-bond acceptors (Lipinski definition) is 6. The molecule has 0 fully saturated rings. The fourth-order valence-electron chi connectivity index (χ4n) is 3.94. The molecule has 2 N–H and O–H groups in total. The van der Waals surface area contributed by atoms with Crippen molar-refractivity contribution in [1.82, 2.24) is 5.32 Å². The van der Waals surface area contributed by atoms with Crippen LogP contribution in [0, 0.1) is 0 Å². The number of benzene rings is 3. The second-order valence-corrected chi connectivity index (χ2v) is 9.19. The van der Waals surface area contributed by atoms with Crippen LogP contribution in [0.3, 0.4) is 0 Å². The molecular weight excluding hydrogens is 456 g/mol. The summed E-state index contributed by atoms with van der Waals surface area (Å²) in [7, 11) is 3.32. The molecule has 178 valence electrons. The van der Waals surface area contributed by atoms with Crippen LogP contribution in [-0.4, -0.2) is 32.0 Å². The number of thiophene rings is 1. The number of hydrogen-bond donors (Lipinski definition) is 2. The van der Waals surface area contributed by atoms with Gasteiger partial charge in [-0.25, -0.2) is 4.79 Å². The van der Waals surface area contributed by atoms with E-state index < -0.39 is 6.04 Å². The van der Waals surface area contributed by atoms with Crippen molar-refractivity contribution >= 4 is 28.8 Å². The molecule has 4 rings (SSSR count). The van der Waals surface area contributed by atoms with E-state index in [1.54, 1.807) is 29.5 Å². The monoisotopic (exact) mass is 484 g/mol. The molecule has 0 bridgehead atoms. The Morgan fingerprint density at radius 2 is 1.63 bits per heavy atom. The molecule has 0 radical (unpaired) electrons. The van der Waals surface area contributed by atoms with Crippen molar-refractivity contribution in [3.63, 3.8) is 0 Å². The molecule has 0 spiro atoms. The summed E-state index contributed by atoms with van der Waals surface area (Å²) in [5.74, 6) is -0.486. The normalized spacial score (nSPS) is 11.6. The minimum Gasteiger partial charge on any atom is -0.467 e. The quantitative estimate of drug-likeness (QED) is 0.228. The van der Waals surface area contributed by atoms with Gasteiger partial charge in [-0.1, -0.05) is 66.7 Å². The van der Waals surface area contributed by atoms with Crippen molar-refractivity contribution in [3.05, 3.63) is 112 Å². The molecule has 1 aromatic heterocycles. The van der Waals surface area contributed by atoms with E-state index >= 15 is 0 Å². The number of nitrogens with one attached hydrogen (secondary N) is 2. The first-order valence-electron chi connectivity index (χ1n) is 11.4. The van der Waals surface area contributed by atoms with Crippen molar-refractivity contribution in [3.8, 4) is 11.1 Å². The van der Waals surface area contributed by atoms with Crippen LogP contribution in [0.1, 0.15) is 26.4 Å². The molecule has 0 saturated carbocycles. The van der Waals surface area contributed by atoms with Gasteiger partial charge in [0.15, 0.2) is 5.78 Å². The Bertz CT molecular complexity index is 1280. The van der Waals surface area contributed by atoms with Crippen LogP contribution in [0.4, 0.5) is 5.69 Å². The van der Waals surface area contributed by atoms with Crippen LogP contribution in [0.25, 0.3) is 11.1 Å². The number of anilines is 1. The van der Waals surface area contributed by atoms with E-state index in [9.17, 15) is 9.59 Å². The zero-order chi connectivity index (χ0) is 24.6. The first-order valence-corrected chi connectivity index (χ1v) is 12.3. The van der Waals surface area contributed by atoms with Gasteiger partial charge in [-0.3, -0.25) is 4.79 Å². The van der Waals surface area contributed by atoms with Crippen LogP contribution in [-0.2, 0) is 22.5 Å². The third-order valence-corrected chi connectivity index (χ3v) is 6.69. The van der Waals surface area contributed by atoms with Gasteiger partial charge in [-0.05, 0) is 47.3 Å². The van der Waals surface area contributed by atoms with Crippen LogP contribution < -0.4 is 10.6 Å². The number of carbonyl (C=O) groups excluding carboxylic acids is 2. The Morgan fingerprint density at radius 3 is 2.34 bits per heavy atom. The number of rotatable bonds is 10. The Balaban J connectivity index is 1.53. The molecule has 0 saturated heterocycles. The number of carbonyl (C=O) groups is 2. The first kappa shape index (κ1) is 24.4. The summed E-state index contributed by atoms with van der Waals surface area (Å²) in [6.07, 6.45) is 0.426. The Labute approximate surface area is 209 Å². The lowest BCUT2D eigenvalue weighted by Gasteiger charge is -2.20. The summed E-state index contributed by atoms with van der Waals surface area (Å²) >= 11 is 1.73. The van der Waals surface area contributed by atoms with Gasteiger partial charge in [0.2, 0.25) is 0 Å². The lowest BCUT2D eigenvalue weighted by Crippen LogP contribution is -2.33. The molecule has 0 aliphatic heterocycles. The number of para-hydroxylation sites is 1. The van der Waals surface area contributed by atoms with E-state index in [2.05, 4.69) is 34.2 Å². The predicted molar refractivity (Wildman–Crippen MR) is 142 cm³/mol. The van der Waals surface area contributed by atoms with Crippen molar-refractivity contribution in [2.45, 2.75) is 19.0 Å². The van der Waals surface area contributed by atoms with Gasteiger partial charge in [0.25, 0.3) is 0 Å². The van der Waals surface area contributed by atoms with E-state index in [0.29, 0.717) is 23.2 Å². The summed E-state index contributed by atoms with van der Waals surface area (Å²) in [6, 6.07) is 26.1. The van der Waals surface area contributed by atoms with E-state index in [1.807, 2.05) is 55.6 Å². The molecule has 6 heteroatoms. The lowest BCUT2D eigenvalue weighted by atomic mass is 9.99. The van der Waals surface area contributed by atoms with Gasteiger partial charge < -0.3 is 15.4 Å². The fraction of sp³-hybridized carbons (Fsp3) is 0.172. The molecule has 1 heterocycles. The largest absolute Gasteiger partial charge is 0.467 e.